The zero-order valence-electron chi connectivity index (χ0n) is 16.8. The molecule has 0 saturated heterocycles. The molecule has 0 amide bonds. The molecule has 0 unspecified atom stereocenters. The number of pyridine rings is 4. The fourth-order valence-electron chi connectivity index (χ4n) is 5.81. The third-order valence-electron chi connectivity index (χ3n) is 6.91. The minimum atomic E-state index is -0.441. The van der Waals surface area contributed by atoms with E-state index in [1.165, 1.54) is 0 Å². The molecule has 5 nitrogen and oxygen atoms in total. The lowest BCUT2D eigenvalue weighted by Gasteiger charge is -2.48. The van der Waals surface area contributed by atoms with Crippen molar-refractivity contribution in [1.29, 1.82) is 0 Å². The number of nitrogens with zero attached hydrogens (tertiary/aromatic N) is 4. The monoisotopic (exact) mass is 404 g/mol. The summed E-state index contributed by atoms with van der Waals surface area (Å²) in [6.07, 6.45) is 11.9. The maximum atomic E-state index is 13.1. The van der Waals surface area contributed by atoms with Crippen LogP contribution in [0.1, 0.15) is 46.9 Å². The molecule has 2 atom stereocenters. The summed E-state index contributed by atoms with van der Waals surface area (Å²) >= 11 is 0. The summed E-state index contributed by atoms with van der Waals surface area (Å²) in [5.74, 6) is 0.198. The number of ketones is 1. The number of hydrogen-bond acceptors (Lipinski definition) is 5. The molecule has 4 aromatic rings. The van der Waals surface area contributed by atoms with Gasteiger partial charge in [-0.05, 0) is 58.7 Å². The fourth-order valence-corrected chi connectivity index (χ4v) is 5.81. The molecule has 0 bridgehead atoms. The third-order valence-corrected chi connectivity index (χ3v) is 6.91. The molecule has 4 heterocycles. The standard InChI is InChI=1S/C26H20N4O/c31-19-15-22(17-5-11-27-12-6-17)26(23(16-19)18-7-13-28-14-8-18)20-3-1-9-29-24(20)25-21(26)4-2-10-30-25/h1-14,22-23H,15-16H2/t22-,23-/m1/s1. The van der Waals surface area contributed by atoms with Crippen molar-refractivity contribution in [1.82, 2.24) is 19.9 Å². The Bertz CT molecular complexity index is 1170. The molecule has 6 rings (SSSR count). The summed E-state index contributed by atoms with van der Waals surface area (Å²) in [6, 6.07) is 16.5. The smallest absolute Gasteiger partial charge is 0.134 e. The molecule has 1 saturated carbocycles. The van der Waals surface area contributed by atoms with E-state index in [-0.39, 0.29) is 17.6 Å². The van der Waals surface area contributed by atoms with Gasteiger partial charge in [0.15, 0.2) is 0 Å². The second-order valence-corrected chi connectivity index (χ2v) is 8.28. The largest absolute Gasteiger partial charge is 0.300 e. The normalized spacial score (nSPS) is 21.0. The number of rotatable bonds is 2. The maximum absolute atomic E-state index is 13.1. The average molecular weight is 404 g/mol. The molecule has 4 aromatic heterocycles. The van der Waals surface area contributed by atoms with Crippen molar-refractivity contribution in [3.63, 3.8) is 0 Å². The van der Waals surface area contributed by atoms with Crippen molar-refractivity contribution in [2.45, 2.75) is 30.1 Å². The van der Waals surface area contributed by atoms with Gasteiger partial charge in [-0.3, -0.25) is 24.7 Å². The minimum absolute atomic E-state index is 0.0386. The summed E-state index contributed by atoms with van der Waals surface area (Å²) in [6.45, 7) is 0. The van der Waals surface area contributed by atoms with Gasteiger partial charge in [-0.1, -0.05) is 12.1 Å². The van der Waals surface area contributed by atoms with E-state index in [1.807, 2.05) is 73.6 Å². The zero-order chi connectivity index (χ0) is 20.8. The molecule has 1 spiro atoms. The number of carbonyl (C=O) groups excluding carboxylic acids is 1. The summed E-state index contributed by atoms with van der Waals surface area (Å²) in [7, 11) is 0. The van der Waals surface area contributed by atoms with Gasteiger partial charge in [0.25, 0.3) is 0 Å². The molecule has 2 aliphatic carbocycles. The molecule has 0 radical (unpaired) electrons. The fraction of sp³-hybridized carbons (Fsp3) is 0.192. The van der Waals surface area contributed by atoms with E-state index >= 15 is 0 Å². The number of fused-ring (bicyclic) bond motifs is 5. The van der Waals surface area contributed by atoms with Crippen LogP contribution in [0.4, 0.5) is 0 Å². The van der Waals surface area contributed by atoms with Gasteiger partial charge in [0.1, 0.15) is 5.78 Å². The predicted octanol–water partition coefficient (Wildman–Crippen LogP) is 4.46. The van der Waals surface area contributed by atoms with Crippen molar-refractivity contribution in [2.24, 2.45) is 0 Å². The van der Waals surface area contributed by atoms with Crippen LogP contribution in [0.15, 0.2) is 85.7 Å². The van der Waals surface area contributed by atoms with Crippen molar-refractivity contribution in [3.8, 4) is 11.4 Å². The van der Waals surface area contributed by atoms with Crippen LogP contribution in [-0.4, -0.2) is 25.7 Å². The second kappa shape index (κ2) is 6.91. The Balaban J connectivity index is 1.73. The van der Waals surface area contributed by atoms with E-state index in [0.29, 0.717) is 12.8 Å². The van der Waals surface area contributed by atoms with E-state index in [2.05, 4.69) is 22.1 Å². The van der Waals surface area contributed by atoms with Crippen LogP contribution >= 0.6 is 0 Å². The van der Waals surface area contributed by atoms with Crippen molar-refractivity contribution in [2.75, 3.05) is 0 Å². The number of aromatic nitrogens is 4. The molecule has 150 valence electrons. The first kappa shape index (κ1) is 18.1. The Morgan fingerprint density at radius 1 is 0.645 bits per heavy atom. The van der Waals surface area contributed by atoms with Crippen LogP contribution in [0.25, 0.3) is 11.4 Å². The summed E-state index contributed by atoms with van der Waals surface area (Å²) in [5.41, 5.74) is 5.95. The Morgan fingerprint density at radius 2 is 1.10 bits per heavy atom. The Kier molecular flexibility index (Phi) is 4.03. The zero-order valence-corrected chi connectivity index (χ0v) is 16.8. The van der Waals surface area contributed by atoms with E-state index in [1.54, 1.807) is 0 Å². The van der Waals surface area contributed by atoms with E-state index in [9.17, 15) is 4.79 Å². The number of Topliss-reactive ketones (excluding diaryl/α,β-unsaturated/α-hetero) is 1. The van der Waals surface area contributed by atoms with Gasteiger partial charge in [-0.2, -0.15) is 0 Å². The summed E-state index contributed by atoms with van der Waals surface area (Å²) < 4.78 is 0. The van der Waals surface area contributed by atoms with E-state index in [0.717, 1.165) is 33.6 Å². The molecule has 0 aliphatic heterocycles. The highest BCUT2D eigenvalue weighted by Gasteiger charge is 2.58. The van der Waals surface area contributed by atoms with Gasteiger partial charge in [0.05, 0.1) is 11.4 Å². The highest BCUT2D eigenvalue weighted by atomic mass is 16.1. The SMILES string of the molecule is O=C1C[C@H](c2ccncc2)C2(c3cccnc3-c3ncccc32)[C@@H](c2ccncc2)C1. The van der Waals surface area contributed by atoms with Crippen molar-refractivity contribution in [3.05, 3.63) is 108 Å². The highest BCUT2D eigenvalue weighted by Crippen LogP contribution is 2.64. The molecule has 5 heteroatoms. The van der Waals surface area contributed by atoms with Gasteiger partial charge in [0.2, 0.25) is 0 Å². The van der Waals surface area contributed by atoms with Crippen LogP contribution in [0, 0.1) is 0 Å². The topological polar surface area (TPSA) is 68.6 Å². The van der Waals surface area contributed by atoms with Crippen molar-refractivity contribution >= 4 is 5.78 Å². The molecular formula is C26H20N4O. The first-order chi connectivity index (χ1) is 15.3. The average Bonchev–Trinajstić information content (AvgIpc) is 3.13. The van der Waals surface area contributed by atoms with E-state index < -0.39 is 5.41 Å². The van der Waals surface area contributed by atoms with Crippen LogP contribution in [0.3, 0.4) is 0 Å². The Hall–Kier alpha value is -3.73. The van der Waals surface area contributed by atoms with Gasteiger partial charge < -0.3 is 0 Å². The van der Waals surface area contributed by atoms with Gasteiger partial charge in [0, 0.05) is 67.3 Å². The minimum Gasteiger partial charge on any atom is -0.300 e. The van der Waals surface area contributed by atoms with Crippen LogP contribution in [0.2, 0.25) is 0 Å². The van der Waals surface area contributed by atoms with Crippen molar-refractivity contribution < 1.29 is 4.79 Å². The molecule has 1 fully saturated rings. The van der Waals surface area contributed by atoms with Crippen LogP contribution < -0.4 is 0 Å². The highest BCUT2D eigenvalue weighted by molar-refractivity contribution is 5.87. The molecular weight excluding hydrogens is 384 g/mol. The van der Waals surface area contributed by atoms with Gasteiger partial charge in [-0.15, -0.1) is 0 Å². The lowest BCUT2D eigenvalue weighted by atomic mass is 9.52. The second-order valence-electron chi connectivity index (χ2n) is 8.28. The van der Waals surface area contributed by atoms with E-state index in [4.69, 9.17) is 9.97 Å². The van der Waals surface area contributed by atoms with Crippen LogP contribution in [0.5, 0.6) is 0 Å². The third kappa shape index (κ3) is 2.53. The lowest BCUT2D eigenvalue weighted by molar-refractivity contribution is -0.122. The van der Waals surface area contributed by atoms with Gasteiger partial charge >= 0.3 is 0 Å². The molecule has 31 heavy (non-hydrogen) atoms. The first-order valence-corrected chi connectivity index (χ1v) is 10.5. The number of carbonyl (C=O) groups is 1. The summed E-state index contributed by atoms with van der Waals surface area (Å²) in [5, 5.41) is 0. The first-order valence-electron chi connectivity index (χ1n) is 10.5. The molecule has 0 N–H and O–H groups in total. The maximum Gasteiger partial charge on any atom is 0.134 e. The quantitative estimate of drug-likeness (QED) is 0.493. The lowest BCUT2D eigenvalue weighted by Crippen LogP contribution is -2.45. The molecule has 0 aromatic carbocycles. The van der Waals surface area contributed by atoms with Gasteiger partial charge in [-0.25, -0.2) is 0 Å². The predicted molar refractivity (Wildman–Crippen MR) is 116 cm³/mol. The molecule has 2 aliphatic rings. The Labute approximate surface area is 180 Å². The Morgan fingerprint density at radius 3 is 1.55 bits per heavy atom. The van der Waals surface area contributed by atoms with Crippen LogP contribution in [-0.2, 0) is 10.2 Å². The summed E-state index contributed by atoms with van der Waals surface area (Å²) in [4.78, 5) is 31.1. The number of hydrogen-bond donors (Lipinski definition) is 0.